The van der Waals surface area contributed by atoms with Gasteiger partial charge in [0.05, 0.1) is 6.26 Å². The molecule has 1 N–H and O–H groups in total. The van der Waals surface area contributed by atoms with Gasteiger partial charge in [0.15, 0.2) is 0 Å². The smallest absolute Gasteiger partial charge is 0.224 e. The highest BCUT2D eigenvalue weighted by Gasteiger charge is 2.08. The van der Waals surface area contributed by atoms with Crippen LogP contribution in [0.2, 0.25) is 0 Å². The minimum atomic E-state index is -0.0479. The van der Waals surface area contributed by atoms with Crippen LogP contribution in [0.5, 0.6) is 0 Å². The summed E-state index contributed by atoms with van der Waals surface area (Å²) in [5.74, 6) is 0.760. The molecular weight excluding hydrogens is 316 g/mol. The summed E-state index contributed by atoms with van der Waals surface area (Å²) >= 11 is 0. The van der Waals surface area contributed by atoms with Crippen LogP contribution in [0, 0.1) is 0 Å². The standard InChI is InChI=1S/C19H16N4O2/c24-18(7-6-17-5-2-10-25-17)22-15-3-1-4-16(11-15)23-9-8-14-12-20-13-21-19(14)23/h1-5,8-13H,6-7H2,(H,22,24). The van der Waals surface area contributed by atoms with E-state index in [9.17, 15) is 4.79 Å². The van der Waals surface area contributed by atoms with Crippen molar-refractivity contribution in [3.63, 3.8) is 0 Å². The van der Waals surface area contributed by atoms with Gasteiger partial charge in [-0.3, -0.25) is 4.79 Å². The molecule has 25 heavy (non-hydrogen) atoms. The van der Waals surface area contributed by atoms with E-state index in [1.165, 1.54) is 6.33 Å². The Kier molecular flexibility index (Phi) is 4.00. The van der Waals surface area contributed by atoms with Crippen molar-refractivity contribution in [2.45, 2.75) is 12.8 Å². The predicted octanol–water partition coefficient (Wildman–Crippen LogP) is 3.58. The number of nitrogens with zero attached hydrogens (tertiary/aromatic N) is 3. The van der Waals surface area contributed by atoms with E-state index in [4.69, 9.17) is 4.42 Å². The monoisotopic (exact) mass is 332 g/mol. The number of furan rings is 1. The van der Waals surface area contributed by atoms with E-state index in [1.54, 1.807) is 12.5 Å². The quantitative estimate of drug-likeness (QED) is 0.606. The number of benzene rings is 1. The minimum Gasteiger partial charge on any atom is -0.469 e. The normalized spacial score (nSPS) is 10.9. The Balaban J connectivity index is 1.50. The fourth-order valence-electron chi connectivity index (χ4n) is 2.74. The summed E-state index contributed by atoms with van der Waals surface area (Å²) in [6.45, 7) is 0. The second-order valence-electron chi connectivity index (χ2n) is 5.67. The number of anilines is 1. The Morgan fingerprint density at radius 3 is 3.04 bits per heavy atom. The zero-order chi connectivity index (χ0) is 17.1. The lowest BCUT2D eigenvalue weighted by Gasteiger charge is -2.09. The lowest BCUT2D eigenvalue weighted by Crippen LogP contribution is -2.12. The van der Waals surface area contributed by atoms with Crippen LogP contribution in [0.15, 0.2) is 71.9 Å². The van der Waals surface area contributed by atoms with Crippen molar-refractivity contribution in [1.29, 1.82) is 0 Å². The molecule has 0 saturated heterocycles. The van der Waals surface area contributed by atoms with Gasteiger partial charge < -0.3 is 14.3 Å². The molecule has 0 fully saturated rings. The fourth-order valence-corrected chi connectivity index (χ4v) is 2.74. The number of rotatable bonds is 5. The molecule has 0 aliphatic heterocycles. The molecule has 0 aliphatic carbocycles. The zero-order valence-electron chi connectivity index (χ0n) is 13.4. The van der Waals surface area contributed by atoms with Gasteiger partial charge in [-0.15, -0.1) is 0 Å². The topological polar surface area (TPSA) is 73.0 Å². The second-order valence-corrected chi connectivity index (χ2v) is 5.67. The molecule has 0 aliphatic rings. The van der Waals surface area contributed by atoms with Gasteiger partial charge in [-0.05, 0) is 36.4 Å². The Labute approximate surface area is 144 Å². The van der Waals surface area contributed by atoms with Gasteiger partial charge in [-0.25, -0.2) is 9.97 Å². The molecule has 124 valence electrons. The molecule has 1 aromatic carbocycles. The van der Waals surface area contributed by atoms with Crippen LogP contribution >= 0.6 is 0 Å². The third-order valence-electron chi connectivity index (χ3n) is 3.94. The maximum Gasteiger partial charge on any atom is 0.224 e. The number of amides is 1. The summed E-state index contributed by atoms with van der Waals surface area (Å²) in [4.78, 5) is 20.5. The number of aryl methyl sites for hydroxylation is 1. The van der Waals surface area contributed by atoms with Crippen LogP contribution in [0.25, 0.3) is 16.7 Å². The Bertz CT molecular complexity index is 1010. The van der Waals surface area contributed by atoms with Gasteiger partial charge in [0.25, 0.3) is 0 Å². The van der Waals surface area contributed by atoms with Crippen LogP contribution in [-0.2, 0) is 11.2 Å². The van der Waals surface area contributed by atoms with Crippen molar-refractivity contribution in [2.24, 2.45) is 0 Å². The molecule has 6 heteroatoms. The number of fused-ring (bicyclic) bond motifs is 1. The number of nitrogens with one attached hydrogen (secondary N) is 1. The third kappa shape index (κ3) is 3.28. The highest BCUT2D eigenvalue weighted by Crippen LogP contribution is 2.20. The summed E-state index contributed by atoms with van der Waals surface area (Å²) in [7, 11) is 0. The van der Waals surface area contributed by atoms with Crippen molar-refractivity contribution in [2.75, 3.05) is 5.32 Å². The number of carbonyl (C=O) groups excluding carboxylic acids is 1. The van der Waals surface area contributed by atoms with Gasteiger partial charge in [-0.2, -0.15) is 0 Å². The molecule has 4 rings (SSSR count). The predicted molar refractivity (Wildman–Crippen MR) is 94.5 cm³/mol. The molecular formula is C19H16N4O2. The van der Waals surface area contributed by atoms with Crippen molar-refractivity contribution < 1.29 is 9.21 Å². The molecule has 0 atom stereocenters. The fraction of sp³-hybridized carbons (Fsp3) is 0.105. The molecule has 0 saturated carbocycles. The van der Waals surface area contributed by atoms with Gasteiger partial charge in [0, 0.05) is 42.0 Å². The second kappa shape index (κ2) is 6.60. The number of hydrogen-bond donors (Lipinski definition) is 1. The van der Waals surface area contributed by atoms with Crippen molar-refractivity contribution in [3.8, 4) is 5.69 Å². The molecule has 0 radical (unpaired) electrons. The molecule has 3 aromatic heterocycles. The number of hydrogen-bond acceptors (Lipinski definition) is 4. The highest BCUT2D eigenvalue weighted by atomic mass is 16.3. The van der Waals surface area contributed by atoms with E-state index < -0.39 is 0 Å². The summed E-state index contributed by atoms with van der Waals surface area (Å²) < 4.78 is 7.22. The third-order valence-corrected chi connectivity index (χ3v) is 3.94. The summed E-state index contributed by atoms with van der Waals surface area (Å²) in [5.41, 5.74) is 2.51. The summed E-state index contributed by atoms with van der Waals surface area (Å²) in [6.07, 6.45) is 7.81. The largest absolute Gasteiger partial charge is 0.469 e. The average molecular weight is 332 g/mol. The summed E-state index contributed by atoms with van der Waals surface area (Å²) in [5, 5.41) is 3.90. The molecule has 6 nitrogen and oxygen atoms in total. The first kappa shape index (κ1) is 15.1. The van der Waals surface area contributed by atoms with E-state index in [-0.39, 0.29) is 5.91 Å². The highest BCUT2D eigenvalue weighted by molar-refractivity contribution is 5.91. The lowest BCUT2D eigenvalue weighted by molar-refractivity contribution is -0.116. The van der Waals surface area contributed by atoms with Crippen LogP contribution in [0.1, 0.15) is 12.2 Å². The van der Waals surface area contributed by atoms with E-state index in [2.05, 4.69) is 15.3 Å². The van der Waals surface area contributed by atoms with Crippen LogP contribution < -0.4 is 5.32 Å². The van der Waals surface area contributed by atoms with Gasteiger partial charge in [-0.1, -0.05) is 6.07 Å². The summed E-state index contributed by atoms with van der Waals surface area (Å²) in [6, 6.07) is 13.3. The Hall–Kier alpha value is -3.41. The maximum absolute atomic E-state index is 12.1. The minimum absolute atomic E-state index is 0.0479. The lowest BCUT2D eigenvalue weighted by atomic mass is 10.2. The van der Waals surface area contributed by atoms with Crippen LogP contribution in [0.3, 0.4) is 0 Å². The molecule has 0 unspecified atom stereocenters. The van der Waals surface area contributed by atoms with E-state index in [1.807, 2.05) is 53.2 Å². The van der Waals surface area contributed by atoms with Gasteiger partial charge in [0.1, 0.15) is 17.7 Å². The molecule has 4 aromatic rings. The number of carbonyl (C=O) groups is 1. The zero-order valence-corrected chi connectivity index (χ0v) is 13.4. The van der Waals surface area contributed by atoms with Crippen molar-refractivity contribution in [1.82, 2.24) is 14.5 Å². The SMILES string of the molecule is O=C(CCc1ccco1)Nc1cccc(-n2ccc3cncnc32)c1. The first-order valence-electron chi connectivity index (χ1n) is 7.99. The average Bonchev–Trinajstić information content (AvgIpc) is 3.30. The molecule has 1 amide bonds. The maximum atomic E-state index is 12.1. The van der Waals surface area contributed by atoms with Crippen LogP contribution in [-0.4, -0.2) is 20.4 Å². The van der Waals surface area contributed by atoms with E-state index in [0.717, 1.165) is 28.2 Å². The van der Waals surface area contributed by atoms with E-state index >= 15 is 0 Å². The van der Waals surface area contributed by atoms with Crippen molar-refractivity contribution >= 4 is 22.6 Å². The molecule has 3 heterocycles. The van der Waals surface area contributed by atoms with Gasteiger partial charge >= 0.3 is 0 Å². The molecule has 0 bridgehead atoms. The first-order valence-corrected chi connectivity index (χ1v) is 7.99. The Morgan fingerprint density at radius 1 is 1.20 bits per heavy atom. The molecule has 0 spiro atoms. The van der Waals surface area contributed by atoms with Gasteiger partial charge in [0.2, 0.25) is 5.91 Å². The van der Waals surface area contributed by atoms with Crippen molar-refractivity contribution in [3.05, 3.63) is 73.2 Å². The number of aromatic nitrogens is 3. The first-order chi connectivity index (χ1) is 12.3. The van der Waals surface area contributed by atoms with E-state index in [0.29, 0.717) is 12.8 Å². The van der Waals surface area contributed by atoms with Crippen LogP contribution in [0.4, 0.5) is 5.69 Å². The Morgan fingerprint density at radius 2 is 2.16 bits per heavy atom.